The van der Waals surface area contributed by atoms with Crippen LogP contribution < -0.4 is 9.47 Å². The number of ether oxygens (including phenoxy) is 2. The van der Waals surface area contributed by atoms with Crippen LogP contribution in [0.1, 0.15) is 31.0 Å². The predicted octanol–water partition coefficient (Wildman–Crippen LogP) is 3.38. The van der Waals surface area contributed by atoms with Gasteiger partial charge in [0, 0.05) is 30.8 Å². The lowest BCUT2D eigenvalue weighted by atomic mass is 9.95. The first kappa shape index (κ1) is 25.7. The summed E-state index contributed by atoms with van der Waals surface area (Å²) in [5.41, 5.74) is 0.515. The van der Waals surface area contributed by atoms with E-state index in [4.69, 9.17) is 9.47 Å². The van der Waals surface area contributed by atoms with Crippen LogP contribution in [0.15, 0.2) is 48.0 Å². The summed E-state index contributed by atoms with van der Waals surface area (Å²) in [5.74, 6) is -1.05. The van der Waals surface area contributed by atoms with Crippen LogP contribution in [-0.4, -0.2) is 71.9 Å². The number of nitro groups is 1. The summed E-state index contributed by atoms with van der Waals surface area (Å²) in [6.45, 7) is 6.40. The number of amides is 1. The van der Waals surface area contributed by atoms with Gasteiger partial charge in [-0.05, 0) is 42.9 Å². The molecule has 186 valence electrons. The number of aliphatic hydroxyl groups excluding tert-OH is 1. The minimum Gasteiger partial charge on any atom is -0.507 e. The predicted molar refractivity (Wildman–Crippen MR) is 129 cm³/mol. The lowest BCUT2D eigenvalue weighted by Gasteiger charge is -2.28. The maximum Gasteiger partial charge on any atom is 0.295 e. The summed E-state index contributed by atoms with van der Waals surface area (Å²) in [7, 11) is 2.98. The Morgan fingerprint density at radius 1 is 1.06 bits per heavy atom. The highest BCUT2D eigenvalue weighted by molar-refractivity contribution is 6.46. The highest BCUT2D eigenvalue weighted by Crippen LogP contribution is 2.42. The number of aliphatic hydroxyl groups is 1. The number of hydrogen-bond acceptors (Lipinski definition) is 8. The first-order valence-electron chi connectivity index (χ1n) is 11.2. The standard InChI is InChI=1S/C25H29N3O7/c1-5-26(6-2)13-14-27-22(17-9-12-19(34-3)20(15-17)35-4)21(24(30)25(27)31)23(29)16-7-10-18(11-8-16)28(32)33/h7-12,15,22,29H,5-6,13-14H2,1-4H3/b23-21+. The Kier molecular flexibility index (Phi) is 8.08. The van der Waals surface area contributed by atoms with E-state index in [0.29, 0.717) is 23.6 Å². The topological polar surface area (TPSA) is 122 Å². The molecule has 1 unspecified atom stereocenters. The van der Waals surface area contributed by atoms with Gasteiger partial charge in [0.15, 0.2) is 11.5 Å². The Bertz CT molecular complexity index is 1140. The number of hydrogen-bond donors (Lipinski definition) is 1. The first-order valence-corrected chi connectivity index (χ1v) is 11.2. The second kappa shape index (κ2) is 11.0. The normalized spacial score (nSPS) is 17.2. The molecule has 1 saturated heterocycles. The molecule has 3 rings (SSSR count). The third-order valence-electron chi connectivity index (χ3n) is 6.17. The van der Waals surface area contributed by atoms with Crippen LogP contribution in [-0.2, 0) is 9.59 Å². The zero-order valence-corrected chi connectivity index (χ0v) is 20.2. The molecule has 1 atom stereocenters. The summed E-state index contributed by atoms with van der Waals surface area (Å²) in [6, 6.07) is 9.35. The van der Waals surface area contributed by atoms with Gasteiger partial charge in [-0.15, -0.1) is 0 Å². The lowest BCUT2D eigenvalue weighted by molar-refractivity contribution is -0.384. The Hall–Kier alpha value is -3.92. The fourth-order valence-electron chi connectivity index (χ4n) is 4.17. The number of carbonyl (C=O) groups is 2. The number of likely N-dealkylation sites (tertiary alicyclic amines) is 1. The van der Waals surface area contributed by atoms with E-state index in [-0.39, 0.29) is 23.4 Å². The van der Waals surface area contributed by atoms with Crippen LogP contribution in [0.5, 0.6) is 11.5 Å². The molecule has 10 heteroatoms. The van der Waals surface area contributed by atoms with Gasteiger partial charge in [0.2, 0.25) is 0 Å². The second-order valence-electron chi connectivity index (χ2n) is 7.94. The van der Waals surface area contributed by atoms with Gasteiger partial charge in [-0.1, -0.05) is 19.9 Å². The monoisotopic (exact) mass is 483 g/mol. The number of likely N-dealkylation sites (N-methyl/N-ethyl adjacent to an activating group) is 1. The molecule has 35 heavy (non-hydrogen) atoms. The summed E-state index contributed by atoms with van der Waals surface area (Å²) in [5, 5.41) is 22.1. The number of non-ortho nitro benzene ring substituents is 1. The molecule has 0 aromatic heterocycles. The van der Waals surface area contributed by atoms with Gasteiger partial charge in [-0.3, -0.25) is 19.7 Å². The van der Waals surface area contributed by atoms with E-state index in [2.05, 4.69) is 4.90 Å². The van der Waals surface area contributed by atoms with Crippen LogP contribution in [0.2, 0.25) is 0 Å². The first-order chi connectivity index (χ1) is 16.8. The SMILES string of the molecule is CCN(CC)CCN1C(=O)C(=O)/C(=C(/O)c2ccc([N+](=O)[O-])cc2)C1c1ccc(OC)c(OC)c1. The molecular weight excluding hydrogens is 454 g/mol. The highest BCUT2D eigenvalue weighted by atomic mass is 16.6. The van der Waals surface area contributed by atoms with Crippen molar-refractivity contribution in [3.63, 3.8) is 0 Å². The molecule has 0 spiro atoms. The van der Waals surface area contributed by atoms with E-state index in [1.807, 2.05) is 13.8 Å². The zero-order valence-electron chi connectivity index (χ0n) is 20.2. The largest absolute Gasteiger partial charge is 0.507 e. The van der Waals surface area contributed by atoms with Crippen molar-refractivity contribution >= 4 is 23.1 Å². The number of rotatable bonds is 10. The van der Waals surface area contributed by atoms with Crippen LogP contribution >= 0.6 is 0 Å². The van der Waals surface area contributed by atoms with Crippen molar-refractivity contribution in [2.45, 2.75) is 19.9 Å². The van der Waals surface area contributed by atoms with Crippen molar-refractivity contribution in [3.8, 4) is 11.5 Å². The number of methoxy groups -OCH3 is 2. The second-order valence-corrected chi connectivity index (χ2v) is 7.94. The van der Waals surface area contributed by atoms with Crippen molar-refractivity contribution in [1.29, 1.82) is 0 Å². The molecular formula is C25H29N3O7. The maximum absolute atomic E-state index is 13.2. The van der Waals surface area contributed by atoms with Gasteiger partial charge in [0.05, 0.1) is 30.8 Å². The van der Waals surface area contributed by atoms with Crippen molar-refractivity contribution < 1.29 is 29.1 Å². The summed E-state index contributed by atoms with van der Waals surface area (Å²) < 4.78 is 10.7. The van der Waals surface area contributed by atoms with Crippen molar-refractivity contribution in [2.24, 2.45) is 0 Å². The van der Waals surface area contributed by atoms with Gasteiger partial charge in [0.1, 0.15) is 5.76 Å². The van der Waals surface area contributed by atoms with E-state index in [0.717, 1.165) is 13.1 Å². The van der Waals surface area contributed by atoms with Gasteiger partial charge in [0.25, 0.3) is 17.4 Å². The maximum atomic E-state index is 13.2. The summed E-state index contributed by atoms with van der Waals surface area (Å²) in [6.07, 6.45) is 0. The minimum atomic E-state index is -0.874. The molecule has 1 heterocycles. The van der Waals surface area contributed by atoms with E-state index in [1.165, 1.54) is 43.4 Å². The average Bonchev–Trinajstić information content (AvgIpc) is 3.13. The Morgan fingerprint density at radius 2 is 1.69 bits per heavy atom. The van der Waals surface area contributed by atoms with Crippen molar-refractivity contribution in [3.05, 3.63) is 69.3 Å². The van der Waals surface area contributed by atoms with E-state index < -0.39 is 28.4 Å². The molecule has 2 aromatic carbocycles. The Morgan fingerprint density at radius 3 is 2.23 bits per heavy atom. The molecule has 0 aliphatic carbocycles. The van der Waals surface area contributed by atoms with E-state index >= 15 is 0 Å². The van der Waals surface area contributed by atoms with Crippen LogP contribution in [0.3, 0.4) is 0 Å². The zero-order chi connectivity index (χ0) is 25.7. The number of nitrogens with zero attached hydrogens (tertiary/aromatic N) is 3. The third kappa shape index (κ3) is 5.12. The van der Waals surface area contributed by atoms with Crippen molar-refractivity contribution in [2.75, 3.05) is 40.4 Å². The summed E-state index contributed by atoms with van der Waals surface area (Å²) >= 11 is 0. The minimum absolute atomic E-state index is 0.0874. The molecule has 2 aromatic rings. The Labute approximate surface area is 203 Å². The fraction of sp³-hybridized carbons (Fsp3) is 0.360. The molecule has 0 bridgehead atoms. The molecule has 0 radical (unpaired) electrons. The van der Waals surface area contributed by atoms with Crippen LogP contribution in [0.25, 0.3) is 5.76 Å². The average molecular weight is 484 g/mol. The molecule has 1 N–H and O–H groups in total. The van der Waals surface area contributed by atoms with E-state index in [1.54, 1.807) is 18.2 Å². The van der Waals surface area contributed by atoms with Gasteiger partial charge < -0.3 is 24.4 Å². The number of carbonyl (C=O) groups excluding carboxylic acids is 2. The number of Topliss-reactive ketones (excluding diaryl/α,β-unsaturated/α-hetero) is 1. The lowest BCUT2D eigenvalue weighted by Crippen LogP contribution is -2.38. The smallest absolute Gasteiger partial charge is 0.295 e. The Balaban J connectivity index is 2.14. The summed E-state index contributed by atoms with van der Waals surface area (Å²) in [4.78, 5) is 40.3. The van der Waals surface area contributed by atoms with Gasteiger partial charge >= 0.3 is 0 Å². The number of ketones is 1. The van der Waals surface area contributed by atoms with Crippen LogP contribution in [0, 0.1) is 10.1 Å². The molecule has 10 nitrogen and oxygen atoms in total. The molecule has 1 aliphatic heterocycles. The molecule has 1 amide bonds. The number of nitro benzene ring substituents is 1. The number of benzene rings is 2. The van der Waals surface area contributed by atoms with E-state index in [9.17, 15) is 24.8 Å². The highest BCUT2D eigenvalue weighted by Gasteiger charge is 2.46. The van der Waals surface area contributed by atoms with Gasteiger partial charge in [-0.2, -0.15) is 0 Å². The molecule has 1 fully saturated rings. The quantitative estimate of drug-likeness (QED) is 0.179. The van der Waals surface area contributed by atoms with Gasteiger partial charge in [-0.25, -0.2) is 0 Å². The molecule has 1 aliphatic rings. The van der Waals surface area contributed by atoms with Crippen molar-refractivity contribution in [1.82, 2.24) is 9.80 Å². The fourth-order valence-corrected chi connectivity index (χ4v) is 4.17. The molecule has 0 saturated carbocycles. The third-order valence-corrected chi connectivity index (χ3v) is 6.17. The van der Waals surface area contributed by atoms with Crippen LogP contribution in [0.4, 0.5) is 5.69 Å².